The number of nitrogens with zero attached hydrogens (tertiary/aromatic N) is 4. The number of rotatable bonds is 3. The average molecular weight is 495 g/mol. The van der Waals surface area contributed by atoms with Gasteiger partial charge in [-0.15, -0.1) is 0 Å². The van der Waals surface area contributed by atoms with Gasteiger partial charge in [-0.3, -0.25) is 14.5 Å². The van der Waals surface area contributed by atoms with Crippen molar-refractivity contribution in [3.05, 3.63) is 42.0 Å². The molecule has 3 aliphatic heterocycles. The highest BCUT2D eigenvalue weighted by Gasteiger charge is 2.34. The summed E-state index contributed by atoms with van der Waals surface area (Å²) >= 11 is 0. The summed E-state index contributed by atoms with van der Waals surface area (Å²) in [6.45, 7) is 6.67. The van der Waals surface area contributed by atoms with E-state index in [0.717, 1.165) is 69.8 Å². The van der Waals surface area contributed by atoms with Gasteiger partial charge in [0.2, 0.25) is 11.8 Å². The zero-order valence-electron chi connectivity index (χ0n) is 21.8. The number of amides is 2. The first-order valence-corrected chi connectivity index (χ1v) is 13.9. The van der Waals surface area contributed by atoms with Crippen molar-refractivity contribution < 1.29 is 14.3 Å². The Morgan fingerprint density at radius 3 is 2.58 bits per heavy atom. The number of ether oxygens (including phenoxy) is 1. The quantitative estimate of drug-likeness (QED) is 0.605. The zero-order valence-corrected chi connectivity index (χ0v) is 21.8. The van der Waals surface area contributed by atoms with E-state index in [9.17, 15) is 9.59 Å². The van der Waals surface area contributed by atoms with Crippen LogP contribution in [-0.2, 0) is 16.1 Å². The molecule has 196 valence electrons. The number of hydrogen-bond acceptors (Lipinski definition) is 5. The van der Waals surface area contributed by atoms with Gasteiger partial charge in [0, 0.05) is 63.8 Å². The molecule has 0 N–H and O–H groups in total. The highest BCUT2D eigenvalue weighted by Crippen LogP contribution is 2.31. The monoisotopic (exact) mass is 494 g/mol. The Labute approximate surface area is 216 Å². The Balaban J connectivity index is 1.32. The van der Waals surface area contributed by atoms with E-state index in [1.54, 1.807) is 0 Å². The van der Waals surface area contributed by atoms with Crippen molar-refractivity contribution in [2.75, 3.05) is 59.5 Å². The smallest absolute Gasteiger partial charge is 0.236 e. The minimum Gasteiger partial charge on any atom is -0.489 e. The third-order valence-corrected chi connectivity index (χ3v) is 8.70. The second-order valence-electron chi connectivity index (χ2n) is 11.1. The van der Waals surface area contributed by atoms with Crippen LogP contribution < -0.4 is 4.74 Å². The molecule has 3 heterocycles. The van der Waals surface area contributed by atoms with Gasteiger partial charge in [0.1, 0.15) is 12.4 Å². The van der Waals surface area contributed by atoms with Gasteiger partial charge in [0.15, 0.2) is 0 Å². The summed E-state index contributed by atoms with van der Waals surface area (Å²) in [6.07, 6.45) is 10.6. The second-order valence-corrected chi connectivity index (χ2v) is 11.1. The highest BCUT2D eigenvalue weighted by molar-refractivity contribution is 5.79. The molecule has 7 heteroatoms. The lowest BCUT2D eigenvalue weighted by molar-refractivity contribution is -0.137. The fourth-order valence-corrected chi connectivity index (χ4v) is 6.36. The van der Waals surface area contributed by atoms with Crippen LogP contribution in [0.4, 0.5) is 0 Å². The van der Waals surface area contributed by atoms with Crippen LogP contribution in [0.25, 0.3) is 0 Å². The van der Waals surface area contributed by atoms with Gasteiger partial charge in [-0.05, 0) is 44.2 Å². The van der Waals surface area contributed by atoms with Crippen molar-refractivity contribution in [1.29, 1.82) is 0 Å². The minimum atomic E-state index is 0.179. The van der Waals surface area contributed by atoms with Crippen molar-refractivity contribution >= 4 is 11.8 Å². The number of carbonyl (C=O) groups is 2. The van der Waals surface area contributed by atoms with Crippen LogP contribution in [-0.4, -0.2) is 96.9 Å². The fourth-order valence-electron chi connectivity index (χ4n) is 6.36. The first-order valence-electron chi connectivity index (χ1n) is 13.9. The predicted octanol–water partition coefficient (Wildman–Crippen LogP) is 3.01. The van der Waals surface area contributed by atoms with Crippen LogP contribution in [0.1, 0.15) is 44.1 Å². The Kier molecular flexibility index (Phi) is 8.27. The third-order valence-electron chi connectivity index (χ3n) is 8.70. The maximum atomic E-state index is 13.6. The normalized spacial score (nSPS) is 28.0. The molecule has 3 fully saturated rings. The maximum absolute atomic E-state index is 13.6. The van der Waals surface area contributed by atoms with Crippen molar-refractivity contribution in [1.82, 2.24) is 19.6 Å². The van der Waals surface area contributed by atoms with E-state index in [1.165, 1.54) is 12.8 Å². The molecule has 0 radical (unpaired) electrons. The molecule has 36 heavy (non-hydrogen) atoms. The van der Waals surface area contributed by atoms with Gasteiger partial charge < -0.3 is 19.4 Å². The molecule has 2 bridgehead atoms. The van der Waals surface area contributed by atoms with E-state index in [0.29, 0.717) is 32.2 Å². The molecule has 5 rings (SSSR count). The van der Waals surface area contributed by atoms with E-state index in [1.807, 2.05) is 17.0 Å². The number of carbonyl (C=O) groups excluding carboxylic acids is 2. The molecule has 2 saturated heterocycles. The summed E-state index contributed by atoms with van der Waals surface area (Å²) in [5.41, 5.74) is 1.15. The summed E-state index contributed by atoms with van der Waals surface area (Å²) in [5.74, 6) is 1.84. The molecule has 2 atom stereocenters. The van der Waals surface area contributed by atoms with Crippen molar-refractivity contribution in [2.45, 2.75) is 51.1 Å². The summed E-state index contributed by atoms with van der Waals surface area (Å²) in [6, 6.07) is 8.70. The minimum absolute atomic E-state index is 0.179. The van der Waals surface area contributed by atoms with Crippen LogP contribution in [0.5, 0.6) is 5.75 Å². The van der Waals surface area contributed by atoms with E-state index in [2.05, 4.69) is 46.0 Å². The van der Waals surface area contributed by atoms with Gasteiger partial charge in [-0.25, -0.2) is 0 Å². The average Bonchev–Trinajstić information content (AvgIpc) is 3.43. The molecular formula is C29H42N4O3. The van der Waals surface area contributed by atoms with E-state index in [-0.39, 0.29) is 23.7 Å². The molecule has 1 saturated carbocycles. The van der Waals surface area contributed by atoms with Gasteiger partial charge >= 0.3 is 0 Å². The maximum Gasteiger partial charge on any atom is 0.236 e. The Bertz CT molecular complexity index is 936. The van der Waals surface area contributed by atoms with Gasteiger partial charge in [0.05, 0.1) is 6.54 Å². The van der Waals surface area contributed by atoms with Crippen LogP contribution in [0.15, 0.2) is 36.4 Å². The fraction of sp³-hybridized carbons (Fsp3) is 0.655. The molecule has 1 aliphatic carbocycles. The number of piperazine rings is 1. The molecule has 7 nitrogen and oxygen atoms in total. The third kappa shape index (κ3) is 6.12. The number of para-hydroxylation sites is 1. The van der Waals surface area contributed by atoms with Gasteiger partial charge in [-0.2, -0.15) is 0 Å². The number of likely N-dealkylation sites (N-methyl/N-ethyl adjacent to an activating group) is 1. The molecule has 2 amide bonds. The number of piperidine rings is 1. The standard InChI is InChI=1S/C29H42N4O3/c1-30-14-16-31(17-15-30)28(34)19-23-12-13-32-20-24(23)8-6-18-36-27-11-5-2-7-25(27)21-33(22-29(32)35)26-9-3-4-10-26/h2,5-8,11,23-24,26H,3-4,9-10,12-22H2,1H3/b8-6-/t23-,24-/m0/s1. The summed E-state index contributed by atoms with van der Waals surface area (Å²) in [7, 11) is 2.11. The van der Waals surface area contributed by atoms with Crippen molar-refractivity contribution in [2.24, 2.45) is 11.8 Å². The Morgan fingerprint density at radius 1 is 1.00 bits per heavy atom. The van der Waals surface area contributed by atoms with Crippen LogP contribution in [0, 0.1) is 11.8 Å². The molecule has 0 spiro atoms. The number of benzene rings is 1. The van der Waals surface area contributed by atoms with Gasteiger partial charge in [0.25, 0.3) is 0 Å². The molecule has 1 aromatic carbocycles. The predicted molar refractivity (Wildman–Crippen MR) is 141 cm³/mol. The van der Waals surface area contributed by atoms with Gasteiger partial charge in [-0.1, -0.05) is 43.2 Å². The van der Waals surface area contributed by atoms with Crippen LogP contribution in [0.2, 0.25) is 0 Å². The Hall–Kier alpha value is -2.38. The molecule has 0 unspecified atom stereocenters. The van der Waals surface area contributed by atoms with Crippen LogP contribution >= 0.6 is 0 Å². The van der Waals surface area contributed by atoms with E-state index >= 15 is 0 Å². The highest BCUT2D eigenvalue weighted by atomic mass is 16.5. The lowest BCUT2D eigenvalue weighted by Crippen LogP contribution is -2.50. The lowest BCUT2D eigenvalue weighted by Gasteiger charge is -2.40. The zero-order chi connectivity index (χ0) is 24.9. The molecule has 4 aliphatic rings. The molecular weight excluding hydrogens is 452 g/mol. The first kappa shape index (κ1) is 25.3. The van der Waals surface area contributed by atoms with Crippen molar-refractivity contribution in [3.8, 4) is 5.75 Å². The van der Waals surface area contributed by atoms with E-state index < -0.39 is 0 Å². The lowest BCUT2D eigenvalue weighted by atomic mass is 9.82. The SMILES string of the molecule is CN1CCN(C(=O)C[C@@H]2CCN3C[C@@H]2/C=C\COc2ccccc2CN(C2CCCC2)CC3=O)CC1. The topological polar surface area (TPSA) is 56.3 Å². The largest absolute Gasteiger partial charge is 0.489 e. The Morgan fingerprint density at radius 2 is 1.78 bits per heavy atom. The summed E-state index contributed by atoms with van der Waals surface area (Å²) < 4.78 is 6.21. The van der Waals surface area contributed by atoms with E-state index in [4.69, 9.17) is 4.74 Å². The second kappa shape index (κ2) is 11.8. The molecule has 1 aromatic rings. The van der Waals surface area contributed by atoms with Crippen molar-refractivity contribution in [3.63, 3.8) is 0 Å². The summed E-state index contributed by atoms with van der Waals surface area (Å²) in [5, 5.41) is 0. The number of hydrogen-bond donors (Lipinski definition) is 0. The number of fused-ring (bicyclic) bond motifs is 3. The molecule has 0 aromatic heterocycles. The summed E-state index contributed by atoms with van der Waals surface area (Å²) in [4.78, 5) is 35.4. The first-order chi connectivity index (χ1) is 17.6. The van der Waals surface area contributed by atoms with Crippen LogP contribution in [0.3, 0.4) is 0 Å².